The van der Waals surface area contributed by atoms with E-state index in [-0.39, 0.29) is 12.1 Å². The first-order chi connectivity index (χ1) is 15.7. The van der Waals surface area contributed by atoms with Gasteiger partial charge in [-0.25, -0.2) is 0 Å². The third-order valence-corrected chi connectivity index (χ3v) is 6.09. The molecule has 3 aromatic carbocycles. The van der Waals surface area contributed by atoms with Gasteiger partial charge in [0.05, 0.1) is 37.7 Å². The molecule has 0 aliphatic carbocycles. The fraction of sp³-hybridized carbons (Fsp3) is 0.231. The van der Waals surface area contributed by atoms with E-state index in [1.54, 1.807) is 14.2 Å². The van der Waals surface area contributed by atoms with Gasteiger partial charge in [-0.1, -0.05) is 24.3 Å². The van der Waals surface area contributed by atoms with E-state index in [0.717, 1.165) is 46.9 Å². The number of ether oxygens (including phenoxy) is 2. The average Bonchev–Trinajstić information content (AvgIpc) is 3.55. The number of benzene rings is 3. The molecule has 0 saturated heterocycles. The van der Waals surface area contributed by atoms with Crippen molar-refractivity contribution in [1.29, 1.82) is 0 Å². The highest BCUT2D eigenvalue weighted by Crippen LogP contribution is 2.29. The van der Waals surface area contributed by atoms with Gasteiger partial charge < -0.3 is 20.3 Å². The molecule has 32 heavy (non-hydrogen) atoms. The summed E-state index contributed by atoms with van der Waals surface area (Å²) >= 11 is 0. The Balaban J connectivity index is 1.20. The molecule has 0 saturated carbocycles. The number of nitrogens with zero attached hydrogens (tertiary/aromatic N) is 2. The highest BCUT2D eigenvalue weighted by atomic mass is 16.5. The van der Waals surface area contributed by atoms with Gasteiger partial charge in [-0.15, -0.1) is 0 Å². The lowest BCUT2D eigenvalue weighted by molar-refractivity contribution is 0.414. The molecule has 0 fully saturated rings. The van der Waals surface area contributed by atoms with Gasteiger partial charge in [-0.05, 0) is 70.8 Å². The van der Waals surface area contributed by atoms with Crippen LogP contribution in [0.3, 0.4) is 0 Å². The molecule has 3 aromatic rings. The Labute approximate surface area is 188 Å². The molecule has 2 heterocycles. The largest absolute Gasteiger partial charge is 0.497 e. The van der Waals surface area contributed by atoms with Gasteiger partial charge >= 0.3 is 0 Å². The maximum Gasteiger partial charge on any atom is 0.118 e. The van der Waals surface area contributed by atoms with E-state index in [0.29, 0.717) is 0 Å². The van der Waals surface area contributed by atoms with Crippen LogP contribution in [0.4, 0.5) is 0 Å². The molecule has 2 N–H and O–H groups in total. The van der Waals surface area contributed by atoms with E-state index < -0.39 is 0 Å². The van der Waals surface area contributed by atoms with Crippen molar-refractivity contribution in [3.8, 4) is 11.5 Å². The van der Waals surface area contributed by atoms with Gasteiger partial charge in [-0.2, -0.15) is 10.2 Å². The molecule has 6 heteroatoms. The molecule has 162 valence electrons. The standard InChI is InChI=1S/C26H26N4O2/c1-31-21-11-7-19(8-12-21)25-15-23(27-29-25)17-3-5-18(6-4-17)24-16-26(30-28-24)20-9-13-22(32-2)14-10-20/h3-14,23-24,27-28H,15-16H2,1-2H3. The second kappa shape index (κ2) is 8.75. The second-order valence-electron chi connectivity index (χ2n) is 8.01. The van der Waals surface area contributed by atoms with Crippen LogP contribution in [-0.2, 0) is 0 Å². The molecule has 0 radical (unpaired) electrons. The molecule has 6 nitrogen and oxygen atoms in total. The normalized spacial score (nSPS) is 19.6. The lowest BCUT2D eigenvalue weighted by Gasteiger charge is -2.14. The lowest BCUT2D eigenvalue weighted by Crippen LogP contribution is -2.12. The van der Waals surface area contributed by atoms with Crippen molar-refractivity contribution in [2.24, 2.45) is 10.2 Å². The van der Waals surface area contributed by atoms with Crippen molar-refractivity contribution in [1.82, 2.24) is 10.9 Å². The first-order valence-corrected chi connectivity index (χ1v) is 10.8. The maximum atomic E-state index is 5.24. The van der Waals surface area contributed by atoms with Crippen LogP contribution in [0.5, 0.6) is 11.5 Å². The number of hydrogen-bond donors (Lipinski definition) is 2. The number of hydrazone groups is 2. The van der Waals surface area contributed by atoms with Crippen LogP contribution >= 0.6 is 0 Å². The Morgan fingerprint density at radius 1 is 0.594 bits per heavy atom. The van der Waals surface area contributed by atoms with Crippen molar-refractivity contribution in [2.45, 2.75) is 24.9 Å². The Morgan fingerprint density at radius 3 is 1.31 bits per heavy atom. The molecular weight excluding hydrogens is 400 g/mol. The summed E-state index contributed by atoms with van der Waals surface area (Å²) in [5.74, 6) is 1.71. The third-order valence-electron chi connectivity index (χ3n) is 6.09. The van der Waals surface area contributed by atoms with Gasteiger partial charge in [0.15, 0.2) is 0 Å². The Hall–Kier alpha value is -3.80. The Bertz CT molecular complexity index is 1040. The summed E-state index contributed by atoms with van der Waals surface area (Å²) in [6.45, 7) is 0. The molecule has 0 aromatic heterocycles. The predicted octanol–water partition coefficient (Wildman–Crippen LogP) is 4.58. The summed E-state index contributed by atoms with van der Waals surface area (Å²) in [5.41, 5.74) is 13.4. The van der Waals surface area contributed by atoms with Gasteiger partial charge in [0.1, 0.15) is 11.5 Å². The second-order valence-corrected chi connectivity index (χ2v) is 8.01. The predicted molar refractivity (Wildman–Crippen MR) is 126 cm³/mol. The smallest absolute Gasteiger partial charge is 0.118 e. The van der Waals surface area contributed by atoms with Crippen LogP contribution in [0.25, 0.3) is 0 Å². The fourth-order valence-corrected chi connectivity index (χ4v) is 4.16. The summed E-state index contributed by atoms with van der Waals surface area (Å²) in [6.07, 6.45) is 1.72. The van der Waals surface area contributed by atoms with Crippen molar-refractivity contribution < 1.29 is 9.47 Å². The molecular formula is C26H26N4O2. The maximum absolute atomic E-state index is 5.24. The van der Waals surface area contributed by atoms with Gasteiger partial charge in [0.25, 0.3) is 0 Å². The van der Waals surface area contributed by atoms with E-state index in [4.69, 9.17) is 9.47 Å². The van der Waals surface area contributed by atoms with E-state index >= 15 is 0 Å². The van der Waals surface area contributed by atoms with Gasteiger partial charge in [0.2, 0.25) is 0 Å². The lowest BCUT2D eigenvalue weighted by atomic mass is 9.95. The molecule has 5 rings (SSSR count). The number of rotatable bonds is 6. The van der Waals surface area contributed by atoms with Crippen molar-refractivity contribution in [3.05, 3.63) is 95.1 Å². The Kier molecular flexibility index (Phi) is 5.50. The summed E-state index contributed by atoms with van der Waals surface area (Å²) in [6, 6.07) is 25.2. The molecule has 0 amide bonds. The quantitative estimate of drug-likeness (QED) is 0.605. The number of methoxy groups -OCH3 is 2. The zero-order valence-electron chi connectivity index (χ0n) is 18.2. The number of nitrogens with one attached hydrogen (secondary N) is 2. The third kappa shape index (κ3) is 4.04. The molecule has 2 aliphatic heterocycles. The zero-order chi connectivity index (χ0) is 21.9. The molecule has 2 atom stereocenters. The van der Waals surface area contributed by atoms with Crippen LogP contribution in [0.2, 0.25) is 0 Å². The van der Waals surface area contributed by atoms with Crippen LogP contribution in [-0.4, -0.2) is 25.6 Å². The van der Waals surface area contributed by atoms with E-state index in [1.165, 1.54) is 11.1 Å². The highest BCUT2D eigenvalue weighted by molar-refractivity contribution is 6.02. The van der Waals surface area contributed by atoms with Crippen molar-refractivity contribution in [2.75, 3.05) is 14.2 Å². The highest BCUT2D eigenvalue weighted by Gasteiger charge is 2.24. The SMILES string of the molecule is COc1ccc(C2=NNC(c3ccc(C4CC(c5ccc(OC)cc5)=NN4)cc3)C2)cc1. The van der Waals surface area contributed by atoms with Gasteiger partial charge in [-0.3, -0.25) is 0 Å². The monoisotopic (exact) mass is 426 g/mol. The van der Waals surface area contributed by atoms with Crippen molar-refractivity contribution >= 4 is 11.4 Å². The first kappa shape index (κ1) is 20.1. The van der Waals surface area contributed by atoms with Crippen LogP contribution in [0.15, 0.2) is 83.0 Å². The van der Waals surface area contributed by atoms with E-state index in [1.807, 2.05) is 24.3 Å². The summed E-state index contributed by atoms with van der Waals surface area (Å²) in [4.78, 5) is 0. The van der Waals surface area contributed by atoms with Crippen LogP contribution < -0.4 is 20.3 Å². The van der Waals surface area contributed by atoms with Crippen molar-refractivity contribution in [3.63, 3.8) is 0 Å². The molecule has 2 unspecified atom stereocenters. The van der Waals surface area contributed by atoms with Crippen LogP contribution in [0, 0.1) is 0 Å². The minimum atomic E-state index is 0.184. The molecule has 2 aliphatic rings. The van der Waals surface area contributed by atoms with Crippen LogP contribution in [0.1, 0.15) is 47.2 Å². The van der Waals surface area contributed by atoms with E-state index in [9.17, 15) is 0 Å². The number of hydrogen-bond acceptors (Lipinski definition) is 6. The fourth-order valence-electron chi connectivity index (χ4n) is 4.16. The average molecular weight is 427 g/mol. The molecule has 0 bridgehead atoms. The van der Waals surface area contributed by atoms with E-state index in [2.05, 4.69) is 69.6 Å². The zero-order valence-corrected chi connectivity index (χ0v) is 18.2. The summed E-state index contributed by atoms with van der Waals surface area (Å²) < 4.78 is 10.5. The summed E-state index contributed by atoms with van der Waals surface area (Å²) in [5, 5.41) is 9.12. The topological polar surface area (TPSA) is 67.2 Å². The first-order valence-electron chi connectivity index (χ1n) is 10.8. The summed E-state index contributed by atoms with van der Waals surface area (Å²) in [7, 11) is 3.35. The minimum absolute atomic E-state index is 0.184. The molecule has 0 spiro atoms. The minimum Gasteiger partial charge on any atom is -0.497 e. The Morgan fingerprint density at radius 2 is 0.969 bits per heavy atom. The van der Waals surface area contributed by atoms with Gasteiger partial charge in [0, 0.05) is 12.8 Å².